The molecule has 0 amide bonds. The van der Waals surface area contributed by atoms with Crippen molar-refractivity contribution in [3.63, 3.8) is 0 Å². The van der Waals surface area contributed by atoms with Crippen LogP contribution in [-0.2, 0) is 5.41 Å². The van der Waals surface area contributed by atoms with E-state index in [4.69, 9.17) is 0 Å². The molecule has 8 aromatic carbocycles. The lowest BCUT2D eigenvalue weighted by Gasteiger charge is -2.40. The third-order valence-electron chi connectivity index (χ3n) is 10.4. The highest BCUT2D eigenvalue weighted by Crippen LogP contribution is 2.63. The van der Waals surface area contributed by atoms with Crippen LogP contribution in [0, 0.1) is 0 Å². The third-order valence-corrected chi connectivity index (χ3v) is 10.4. The van der Waals surface area contributed by atoms with Gasteiger partial charge in [-0.1, -0.05) is 158 Å². The van der Waals surface area contributed by atoms with Crippen molar-refractivity contribution >= 4 is 27.8 Å². The molecule has 0 bridgehead atoms. The van der Waals surface area contributed by atoms with Crippen LogP contribution < -0.4 is 4.90 Å². The molecule has 0 saturated carbocycles. The van der Waals surface area contributed by atoms with Gasteiger partial charge in [-0.15, -0.1) is 0 Å². The van der Waals surface area contributed by atoms with Gasteiger partial charge in [0, 0.05) is 16.9 Å². The van der Waals surface area contributed by atoms with Crippen molar-refractivity contribution in [1.29, 1.82) is 0 Å². The minimum atomic E-state index is -0.465. The Balaban J connectivity index is 1.31. The molecule has 48 heavy (non-hydrogen) atoms. The molecule has 1 nitrogen and oxygen atoms in total. The number of rotatable bonds is 5. The van der Waals surface area contributed by atoms with E-state index in [1.165, 1.54) is 66.4 Å². The van der Waals surface area contributed by atoms with Crippen molar-refractivity contribution in [1.82, 2.24) is 0 Å². The number of hydrogen-bond donors (Lipinski definition) is 0. The summed E-state index contributed by atoms with van der Waals surface area (Å²) in [6, 6.07) is 69.2. The molecule has 0 radical (unpaired) electrons. The Morgan fingerprint density at radius 1 is 0.375 bits per heavy atom. The zero-order chi connectivity index (χ0) is 31.7. The molecule has 1 heteroatoms. The van der Waals surface area contributed by atoms with Gasteiger partial charge in [0.25, 0.3) is 0 Å². The first-order chi connectivity index (χ1) is 23.8. The van der Waals surface area contributed by atoms with Crippen molar-refractivity contribution in [2.45, 2.75) is 5.41 Å². The fourth-order valence-corrected chi connectivity index (χ4v) is 8.57. The molecule has 2 aliphatic rings. The maximum absolute atomic E-state index is 2.48. The summed E-state index contributed by atoms with van der Waals surface area (Å²) in [5.41, 5.74) is 16.0. The predicted octanol–water partition coefficient (Wildman–Crippen LogP) is 12.3. The number of anilines is 3. The lowest BCUT2D eigenvalue weighted by atomic mass is 9.62. The SMILES string of the molecule is c1ccc(-c2ccccc2N(c2ccccc2)c2ccc3c(c2)C2(c4ccccc4)c4ccccc4-c4cccc5ccc-3c2c45)cc1. The van der Waals surface area contributed by atoms with Gasteiger partial charge < -0.3 is 4.90 Å². The van der Waals surface area contributed by atoms with Crippen LogP contribution >= 0.6 is 0 Å². The van der Waals surface area contributed by atoms with Crippen LogP contribution in [0.3, 0.4) is 0 Å². The van der Waals surface area contributed by atoms with Gasteiger partial charge in [-0.25, -0.2) is 0 Å². The molecule has 8 aromatic rings. The van der Waals surface area contributed by atoms with Crippen LogP contribution in [0.4, 0.5) is 17.1 Å². The van der Waals surface area contributed by atoms with Gasteiger partial charge in [0.15, 0.2) is 0 Å². The van der Waals surface area contributed by atoms with Crippen LogP contribution in [0.25, 0.3) is 44.2 Å². The maximum atomic E-state index is 2.48. The Labute approximate surface area is 281 Å². The quantitative estimate of drug-likeness (QED) is 0.188. The smallest absolute Gasteiger partial charge is 0.0726 e. The van der Waals surface area contributed by atoms with E-state index >= 15 is 0 Å². The minimum absolute atomic E-state index is 0.465. The standard InChI is InChI=1S/C47H31N/c1-4-15-32(16-5-1)37-22-11-13-26-44(37)48(35-20-8-3-9-21-35)36-28-30-39-41-29-27-33-17-14-24-40-38-23-10-12-25-42(38)47(43(39)31-36,46(41)45(33)40)34-18-6-2-7-19-34/h1-31H. The highest BCUT2D eigenvalue weighted by Gasteiger charge is 2.50. The second kappa shape index (κ2) is 10.4. The van der Waals surface area contributed by atoms with E-state index in [1.54, 1.807) is 0 Å². The van der Waals surface area contributed by atoms with E-state index in [1.807, 2.05) is 0 Å². The van der Waals surface area contributed by atoms with E-state index in [9.17, 15) is 0 Å². The molecule has 0 saturated heterocycles. The van der Waals surface area contributed by atoms with E-state index in [-0.39, 0.29) is 0 Å². The highest BCUT2D eigenvalue weighted by molar-refractivity contribution is 6.11. The fourth-order valence-electron chi connectivity index (χ4n) is 8.57. The number of nitrogens with zero attached hydrogens (tertiary/aromatic N) is 1. The summed E-state index contributed by atoms with van der Waals surface area (Å²) in [4.78, 5) is 2.43. The van der Waals surface area contributed by atoms with E-state index in [2.05, 4.69) is 193 Å². The Hall–Kier alpha value is -6.18. The Morgan fingerprint density at radius 3 is 1.81 bits per heavy atom. The Morgan fingerprint density at radius 2 is 1.00 bits per heavy atom. The van der Waals surface area contributed by atoms with Crippen molar-refractivity contribution < 1.29 is 0 Å². The molecular formula is C47H31N. The first-order valence-corrected chi connectivity index (χ1v) is 16.7. The average Bonchev–Trinajstić information content (AvgIpc) is 3.47. The van der Waals surface area contributed by atoms with Crippen LogP contribution in [0.5, 0.6) is 0 Å². The molecule has 1 unspecified atom stereocenters. The summed E-state index contributed by atoms with van der Waals surface area (Å²) >= 11 is 0. The van der Waals surface area contributed by atoms with Gasteiger partial charge >= 0.3 is 0 Å². The van der Waals surface area contributed by atoms with Crippen LogP contribution in [0.15, 0.2) is 188 Å². The summed E-state index contributed by atoms with van der Waals surface area (Å²) in [5.74, 6) is 0. The van der Waals surface area contributed by atoms with Gasteiger partial charge in [0.05, 0.1) is 11.1 Å². The molecule has 0 N–H and O–H groups in total. The Bertz CT molecular complexity index is 2500. The lowest BCUT2D eigenvalue weighted by molar-refractivity contribution is 0.773. The first kappa shape index (κ1) is 27.0. The lowest BCUT2D eigenvalue weighted by Crippen LogP contribution is -2.31. The van der Waals surface area contributed by atoms with Crippen LogP contribution in [0.2, 0.25) is 0 Å². The molecule has 0 aliphatic heterocycles. The maximum Gasteiger partial charge on any atom is 0.0726 e. The normalized spacial score (nSPS) is 15.2. The van der Waals surface area contributed by atoms with E-state index in [0.717, 1.165) is 17.1 Å². The largest absolute Gasteiger partial charge is 0.310 e. The zero-order valence-corrected chi connectivity index (χ0v) is 26.3. The van der Waals surface area contributed by atoms with Gasteiger partial charge in [0.1, 0.15) is 0 Å². The molecule has 0 spiro atoms. The number of para-hydroxylation sites is 2. The van der Waals surface area contributed by atoms with Crippen molar-refractivity contribution in [2.24, 2.45) is 0 Å². The molecule has 224 valence electrons. The third kappa shape index (κ3) is 3.67. The van der Waals surface area contributed by atoms with Gasteiger partial charge in [-0.2, -0.15) is 0 Å². The molecule has 0 aromatic heterocycles. The van der Waals surface area contributed by atoms with Crippen LogP contribution in [-0.4, -0.2) is 0 Å². The summed E-state index contributed by atoms with van der Waals surface area (Å²) in [7, 11) is 0. The molecular weight excluding hydrogens is 579 g/mol. The molecule has 2 aliphatic carbocycles. The van der Waals surface area contributed by atoms with Crippen molar-refractivity contribution in [3.05, 3.63) is 210 Å². The second-order valence-electron chi connectivity index (χ2n) is 12.8. The monoisotopic (exact) mass is 609 g/mol. The summed E-state index contributed by atoms with van der Waals surface area (Å²) in [6.45, 7) is 0. The Kier molecular flexibility index (Phi) is 5.86. The summed E-state index contributed by atoms with van der Waals surface area (Å²) < 4.78 is 0. The molecule has 10 rings (SSSR count). The molecule has 0 fully saturated rings. The fraction of sp³-hybridized carbons (Fsp3) is 0.0213. The van der Waals surface area contributed by atoms with E-state index in [0.29, 0.717) is 0 Å². The topological polar surface area (TPSA) is 3.24 Å². The van der Waals surface area contributed by atoms with Gasteiger partial charge in [0.2, 0.25) is 0 Å². The van der Waals surface area contributed by atoms with Crippen molar-refractivity contribution in [3.8, 4) is 33.4 Å². The predicted molar refractivity (Wildman–Crippen MR) is 200 cm³/mol. The zero-order valence-electron chi connectivity index (χ0n) is 26.3. The number of benzene rings is 8. The number of fused-ring (bicyclic) bond motifs is 6. The molecule has 0 heterocycles. The second-order valence-corrected chi connectivity index (χ2v) is 12.8. The highest BCUT2D eigenvalue weighted by atomic mass is 15.1. The van der Waals surface area contributed by atoms with Crippen LogP contribution in [0.1, 0.15) is 22.3 Å². The van der Waals surface area contributed by atoms with Crippen molar-refractivity contribution in [2.75, 3.05) is 4.90 Å². The first-order valence-electron chi connectivity index (χ1n) is 16.7. The summed E-state index contributed by atoms with van der Waals surface area (Å²) in [5, 5.41) is 2.65. The summed E-state index contributed by atoms with van der Waals surface area (Å²) in [6.07, 6.45) is 0. The molecule has 1 atom stereocenters. The number of hydrogen-bond acceptors (Lipinski definition) is 1. The van der Waals surface area contributed by atoms with Gasteiger partial charge in [-0.05, 0) is 91.2 Å². The van der Waals surface area contributed by atoms with E-state index < -0.39 is 5.41 Å². The van der Waals surface area contributed by atoms with Gasteiger partial charge in [-0.3, -0.25) is 0 Å². The average molecular weight is 610 g/mol. The minimum Gasteiger partial charge on any atom is -0.310 e.